The van der Waals surface area contributed by atoms with E-state index >= 15 is 0 Å². The molecule has 0 aliphatic carbocycles. The number of alkyl halides is 2. The molecule has 10 nitrogen and oxygen atoms in total. The maximum Gasteiger partial charge on any atom is 0.269 e. The van der Waals surface area contributed by atoms with Gasteiger partial charge >= 0.3 is 0 Å². The Kier molecular flexibility index (Phi) is 7.84. The first kappa shape index (κ1) is 30.4. The highest BCUT2D eigenvalue weighted by atomic mass is 32.2. The second-order valence-corrected chi connectivity index (χ2v) is 14.0. The predicted molar refractivity (Wildman–Crippen MR) is 173 cm³/mol. The number of rotatable bonds is 7. The van der Waals surface area contributed by atoms with Crippen molar-refractivity contribution in [3.05, 3.63) is 72.9 Å². The molecule has 7 rings (SSSR count). The SMILES string of the molecule is CCN1CCC(n2cc(-c3cn(S(=O)(=O)c4ccccc4)c4ncc(-c5cnc(N6CCC(F)(F)CC6)c(C)c5)nc34)cn2)CC1. The van der Waals surface area contributed by atoms with Crippen molar-refractivity contribution in [2.75, 3.05) is 37.6 Å². The zero-order chi connectivity index (χ0) is 32.1. The van der Waals surface area contributed by atoms with E-state index in [4.69, 9.17) is 4.98 Å². The zero-order valence-corrected chi connectivity index (χ0v) is 26.7. The van der Waals surface area contributed by atoms with Crippen LogP contribution in [-0.4, -0.2) is 80.7 Å². The Labute approximate surface area is 266 Å². The minimum atomic E-state index is -3.98. The number of hydrogen-bond acceptors (Lipinski definition) is 8. The molecular formula is C33H36F2N8O2S. The number of benzene rings is 1. The van der Waals surface area contributed by atoms with Crippen molar-refractivity contribution in [2.24, 2.45) is 0 Å². The van der Waals surface area contributed by atoms with Crippen LogP contribution in [0.4, 0.5) is 14.6 Å². The average Bonchev–Trinajstić information content (AvgIpc) is 3.71. The normalized spacial score (nSPS) is 18.0. The van der Waals surface area contributed by atoms with Crippen LogP contribution in [0, 0.1) is 6.92 Å². The van der Waals surface area contributed by atoms with E-state index in [9.17, 15) is 17.2 Å². The summed E-state index contributed by atoms with van der Waals surface area (Å²) in [4.78, 5) is 18.7. The van der Waals surface area contributed by atoms with Gasteiger partial charge in [0.05, 0.1) is 29.0 Å². The largest absolute Gasteiger partial charge is 0.356 e. The lowest BCUT2D eigenvalue weighted by atomic mass is 10.1. The summed E-state index contributed by atoms with van der Waals surface area (Å²) in [6.45, 7) is 7.60. The van der Waals surface area contributed by atoms with E-state index in [1.54, 1.807) is 55.1 Å². The number of aromatic nitrogens is 6. The Morgan fingerprint density at radius 3 is 2.37 bits per heavy atom. The van der Waals surface area contributed by atoms with E-state index in [0.717, 1.165) is 43.6 Å². The number of fused-ring (bicyclic) bond motifs is 1. The molecule has 0 saturated carbocycles. The van der Waals surface area contributed by atoms with E-state index in [1.807, 2.05) is 28.8 Å². The van der Waals surface area contributed by atoms with Gasteiger partial charge in [-0.05, 0) is 50.1 Å². The summed E-state index contributed by atoms with van der Waals surface area (Å²) in [5.41, 5.74) is 4.06. The molecule has 4 aromatic heterocycles. The third-order valence-electron chi connectivity index (χ3n) is 9.20. The fourth-order valence-corrected chi connectivity index (χ4v) is 7.80. The molecule has 13 heteroatoms. The van der Waals surface area contributed by atoms with Crippen molar-refractivity contribution in [3.8, 4) is 22.4 Å². The highest BCUT2D eigenvalue weighted by molar-refractivity contribution is 7.90. The van der Waals surface area contributed by atoms with Crippen molar-refractivity contribution >= 4 is 27.0 Å². The smallest absolute Gasteiger partial charge is 0.269 e. The maximum atomic E-state index is 13.8. The van der Waals surface area contributed by atoms with Gasteiger partial charge in [-0.25, -0.2) is 36.1 Å². The first-order valence-electron chi connectivity index (χ1n) is 15.7. The van der Waals surface area contributed by atoms with Gasteiger partial charge in [-0.15, -0.1) is 0 Å². The molecule has 2 fully saturated rings. The summed E-state index contributed by atoms with van der Waals surface area (Å²) in [5, 5.41) is 4.69. The standard InChI is InChI=1S/C33H36F2N8O2S/c1-3-40-13-9-26(10-14-40)42-21-25(19-38-42)28-22-43(46(44,45)27-7-5-4-6-8-27)32-30(28)39-29(20-37-32)24-17-23(2)31(36-18-24)41-15-11-33(34,35)12-16-41/h4-8,17-22,26H,3,9-16H2,1-2H3. The van der Waals surface area contributed by atoms with Gasteiger partial charge < -0.3 is 9.80 Å². The molecule has 0 bridgehead atoms. The number of pyridine rings is 1. The molecule has 0 N–H and O–H groups in total. The quantitative estimate of drug-likeness (QED) is 0.219. The highest BCUT2D eigenvalue weighted by Gasteiger charge is 2.35. The Balaban J connectivity index is 1.28. The number of halogens is 2. The van der Waals surface area contributed by atoms with E-state index in [1.165, 1.54) is 3.97 Å². The monoisotopic (exact) mass is 646 g/mol. The topological polar surface area (TPSA) is 102 Å². The molecule has 2 aliphatic rings. The van der Waals surface area contributed by atoms with Gasteiger partial charge in [0.2, 0.25) is 0 Å². The van der Waals surface area contributed by atoms with Crippen molar-refractivity contribution in [3.63, 3.8) is 0 Å². The Morgan fingerprint density at radius 1 is 0.935 bits per heavy atom. The van der Waals surface area contributed by atoms with Gasteiger partial charge in [-0.1, -0.05) is 25.1 Å². The zero-order valence-electron chi connectivity index (χ0n) is 25.9. The van der Waals surface area contributed by atoms with Crippen LogP contribution >= 0.6 is 0 Å². The van der Waals surface area contributed by atoms with Gasteiger partial charge in [0.1, 0.15) is 11.3 Å². The van der Waals surface area contributed by atoms with Gasteiger partial charge in [0, 0.05) is 74.3 Å². The van der Waals surface area contributed by atoms with E-state index in [0.29, 0.717) is 28.2 Å². The van der Waals surface area contributed by atoms with Crippen LogP contribution in [0.25, 0.3) is 33.5 Å². The molecule has 0 atom stereocenters. The molecule has 0 spiro atoms. The van der Waals surface area contributed by atoms with Gasteiger partial charge in [-0.2, -0.15) is 5.10 Å². The third kappa shape index (κ3) is 5.66. The molecule has 0 amide bonds. The van der Waals surface area contributed by atoms with Crippen molar-refractivity contribution < 1.29 is 17.2 Å². The van der Waals surface area contributed by atoms with Crippen LogP contribution in [-0.2, 0) is 10.0 Å². The molecule has 0 unspecified atom stereocenters. The lowest BCUT2D eigenvalue weighted by Crippen LogP contribution is -2.40. The first-order valence-corrected chi connectivity index (χ1v) is 17.1. The van der Waals surface area contributed by atoms with Crippen LogP contribution in [0.2, 0.25) is 0 Å². The number of nitrogens with zero attached hydrogens (tertiary/aromatic N) is 8. The number of anilines is 1. The summed E-state index contributed by atoms with van der Waals surface area (Å²) in [5.74, 6) is -1.97. The molecule has 240 valence electrons. The summed E-state index contributed by atoms with van der Waals surface area (Å²) >= 11 is 0. The molecule has 2 saturated heterocycles. The third-order valence-corrected chi connectivity index (χ3v) is 10.9. The number of likely N-dealkylation sites (tertiary alicyclic amines) is 1. The molecule has 2 aliphatic heterocycles. The fourth-order valence-electron chi connectivity index (χ4n) is 6.47. The minimum Gasteiger partial charge on any atom is -0.356 e. The lowest BCUT2D eigenvalue weighted by Gasteiger charge is -2.33. The van der Waals surface area contributed by atoms with Crippen LogP contribution in [0.3, 0.4) is 0 Å². The predicted octanol–water partition coefficient (Wildman–Crippen LogP) is 5.79. The molecular weight excluding hydrogens is 610 g/mol. The summed E-state index contributed by atoms with van der Waals surface area (Å²) in [6.07, 6.45) is 10.1. The van der Waals surface area contributed by atoms with Crippen molar-refractivity contribution in [1.29, 1.82) is 0 Å². The van der Waals surface area contributed by atoms with Gasteiger partial charge in [0.25, 0.3) is 15.9 Å². The highest BCUT2D eigenvalue weighted by Crippen LogP contribution is 2.35. The molecule has 1 aromatic carbocycles. The fraction of sp³-hybridized carbons (Fsp3) is 0.394. The average molecular weight is 647 g/mol. The first-order chi connectivity index (χ1) is 22.1. The second-order valence-electron chi connectivity index (χ2n) is 12.2. The van der Waals surface area contributed by atoms with Gasteiger partial charge in [0.15, 0.2) is 5.65 Å². The molecule has 0 radical (unpaired) electrons. The summed E-state index contributed by atoms with van der Waals surface area (Å²) in [7, 11) is -3.98. The maximum absolute atomic E-state index is 13.8. The number of piperidine rings is 2. The van der Waals surface area contributed by atoms with Gasteiger partial charge in [-0.3, -0.25) is 4.68 Å². The van der Waals surface area contributed by atoms with Crippen molar-refractivity contribution in [1.82, 2.24) is 33.6 Å². The van der Waals surface area contributed by atoms with Crippen LogP contribution in [0.5, 0.6) is 0 Å². The Bertz CT molecular complexity index is 1980. The number of aryl methyl sites for hydroxylation is 1. The van der Waals surface area contributed by atoms with E-state index in [-0.39, 0.29) is 42.5 Å². The second kappa shape index (κ2) is 11.8. The Hall–Kier alpha value is -4.23. The number of hydrogen-bond donors (Lipinski definition) is 0. The van der Waals surface area contributed by atoms with Crippen LogP contribution in [0.15, 0.2) is 72.3 Å². The van der Waals surface area contributed by atoms with Crippen LogP contribution < -0.4 is 4.90 Å². The molecule has 46 heavy (non-hydrogen) atoms. The summed E-state index contributed by atoms with van der Waals surface area (Å²) in [6, 6.07) is 10.4. The van der Waals surface area contributed by atoms with E-state index in [2.05, 4.69) is 26.9 Å². The molecule has 6 heterocycles. The van der Waals surface area contributed by atoms with E-state index < -0.39 is 15.9 Å². The minimum absolute atomic E-state index is 0.147. The Morgan fingerprint density at radius 2 is 1.67 bits per heavy atom. The molecule has 5 aromatic rings. The van der Waals surface area contributed by atoms with Crippen molar-refractivity contribution in [2.45, 2.75) is 56.4 Å². The summed E-state index contributed by atoms with van der Waals surface area (Å²) < 4.78 is 58.4. The van der Waals surface area contributed by atoms with Crippen LogP contribution in [0.1, 0.15) is 44.2 Å². The lowest BCUT2D eigenvalue weighted by molar-refractivity contribution is -0.0221.